The van der Waals surface area contributed by atoms with Gasteiger partial charge in [-0.25, -0.2) is 4.99 Å². The summed E-state index contributed by atoms with van der Waals surface area (Å²) in [5.41, 5.74) is 25.9. The van der Waals surface area contributed by atoms with Gasteiger partial charge in [-0.15, -0.1) is 0 Å². The number of guanidine groups is 1. The molecule has 3 atom stereocenters. The maximum atomic E-state index is 13.9. The summed E-state index contributed by atoms with van der Waals surface area (Å²) in [6.07, 6.45) is 2.74. The molecule has 0 bridgehead atoms. The van der Waals surface area contributed by atoms with Crippen LogP contribution < -0.4 is 33.6 Å². The van der Waals surface area contributed by atoms with Crippen LogP contribution >= 0.6 is 0 Å². The Hall–Kier alpha value is -4.49. The molecule has 2 unspecified atom stereocenters. The normalized spacial score (nSPS) is 13.1. The zero-order valence-electron chi connectivity index (χ0n) is 24.8. The van der Waals surface area contributed by atoms with E-state index in [0.29, 0.717) is 31.6 Å². The molecule has 11 N–H and O–H groups in total. The van der Waals surface area contributed by atoms with E-state index in [1.807, 2.05) is 44.2 Å². The van der Waals surface area contributed by atoms with Crippen LogP contribution in [-0.2, 0) is 22.4 Å². The van der Waals surface area contributed by atoms with Gasteiger partial charge < -0.3 is 43.2 Å². The number of nitrogens with one attached hydrogen (secondary N) is 2. The van der Waals surface area contributed by atoms with Gasteiger partial charge in [0.05, 0.1) is 0 Å². The third-order valence-electron chi connectivity index (χ3n) is 7.02. The van der Waals surface area contributed by atoms with E-state index in [-0.39, 0.29) is 37.0 Å². The number of aryl methyl sites for hydroxylation is 2. The molecule has 0 radical (unpaired) electrons. The summed E-state index contributed by atoms with van der Waals surface area (Å²) in [6.45, 7) is 4.32. The average molecular weight is 594 g/mol. The van der Waals surface area contributed by atoms with Crippen molar-refractivity contribution in [3.05, 3.63) is 76.4 Å². The first-order valence-electron chi connectivity index (χ1n) is 14.4. The first-order valence-corrected chi connectivity index (χ1v) is 14.4. The topological polar surface area (TPSA) is 234 Å². The van der Waals surface area contributed by atoms with E-state index in [2.05, 4.69) is 25.8 Å². The number of unbranched alkanes of at least 4 members (excludes halogenated alkanes) is 1. The number of aromatic hydroxyl groups is 1. The summed E-state index contributed by atoms with van der Waals surface area (Å²) in [7, 11) is 0. The predicted molar refractivity (Wildman–Crippen MR) is 164 cm³/mol. The monoisotopic (exact) mass is 593 g/mol. The van der Waals surface area contributed by atoms with Gasteiger partial charge in [0.25, 0.3) is 0 Å². The van der Waals surface area contributed by atoms with Crippen molar-refractivity contribution in [1.82, 2.24) is 20.8 Å². The second kappa shape index (κ2) is 16.2. The number of nitrogens with zero attached hydrogens (tertiary/aromatic N) is 3. The molecule has 0 spiro atoms. The van der Waals surface area contributed by atoms with Crippen molar-refractivity contribution in [2.45, 2.75) is 70.5 Å². The lowest BCUT2D eigenvalue weighted by Gasteiger charge is -2.24. The number of aromatic nitrogens is 2. The summed E-state index contributed by atoms with van der Waals surface area (Å²) in [5, 5.41) is 20.0. The van der Waals surface area contributed by atoms with Crippen molar-refractivity contribution in [2.24, 2.45) is 27.9 Å². The molecule has 0 saturated carbocycles. The number of hydrogen-bond acceptors (Lipinski definition) is 9. The Morgan fingerprint density at radius 2 is 1.67 bits per heavy atom. The van der Waals surface area contributed by atoms with Crippen molar-refractivity contribution in [2.75, 3.05) is 13.1 Å². The van der Waals surface area contributed by atoms with Crippen molar-refractivity contribution < 1.29 is 19.2 Å². The summed E-state index contributed by atoms with van der Waals surface area (Å²) >= 11 is 0. The highest BCUT2D eigenvalue weighted by Crippen LogP contribution is 2.24. The van der Waals surface area contributed by atoms with E-state index < -0.39 is 29.9 Å². The minimum Gasteiger partial charge on any atom is -0.508 e. The number of rotatable bonds is 16. The molecule has 0 fully saturated rings. The number of nitrogens with two attached hydrogens (primary N) is 4. The lowest BCUT2D eigenvalue weighted by atomic mass is 9.95. The lowest BCUT2D eigenvalue weighted by molar-refractivity contribution is -0.130. The van der Waals surface area contributed by atoms with Gasteiger partial charge in [0.2, 0.25) is 17.7 Å². The van der Waals surface area contributed by atoms with Crippen molar-refractivity contribution in [3.8, 4) is 5.75 Å². The van der Waals surface area contributed by atoms with Gasteiger partial charge in [-0.3, -0.25) is 9.59 Å². The maximum Gasteiger partial charge on any atom is 0.249 e. The van der Waals surface area contributed by atoms with Gasteiger partial charge in [0.15, 0.2) is 11.8 Å². The predicted octanol–water partition coefficient (Wildman–Crippen LogP) is 0.987. The summed E-state index contributed by atoms with van der Waals surface area (Å²) < 4.78 is 5.59. The second-order valence-electron chi connectivity index (χ2n) is 10.5. The fraction of sp³-hybridized carbons (Fsp3) is 0.433. The Labute approximate surface area is 251 Å². The van der Waals surface area contributed by atoms with E-state index in [1.165, 1.54) is 0 Å². The molecule has 0 aliphatic carbocycles. The van der Waals surface area contributed by atoms with E-state index in [1.54, 1.807) is 12.1 Å². The van der Waals surface area contributed by atoms with E-state index >= 15 is 0 Å². The van der Waals surface area contributed by atoms with Crippen LogP contribution in [0, 0.1) is 13.8 Å². The molecule has 0 aliphatic heterocycles. The molecule has 0 saturated heterocycles. The number of carbonyl (C=O) groups is 2. The van der Waals surface area contributed by atoms with Gasteiger partial charge in [-0.05, 0) is 87.0 Å². The molecule has 1 heterocycles. The number of phenolic OH excluding ortho intramolecular Hbond substituents is 1. The number of aliphatic imine (C=N–C) groups is 1. The van der Waals surface area contributed by atoms with Gasteiger partial charge in [-0.1, -0.05) is 35.5 Å². The van der Waals surface area contributed by atoms with Crippen molar-refractivity contribution in [3.63, 3.8) is 0 Å². The number of phenols is 1. The first kappa shape index (κ1) is 33.0. The molecule has 1 aromatic heterocycles. The minimum atomic E-state index is -1.02. The molecule has 13 heteroatoms. The Morgan fingerprint density at radius 1 is 0.977 bits per heavy atom. The zero-order chi connectivity index (χ0) is 31.4. The van der Waals surface area contributed by atoms with Crippen LogP contribution in [0.1, 0.15) is 65.7 Å². The summed E-state index contributed by atoms with van der Waals surface area (Å²) in [5.74, 6) is -0.404. The van der Waals surface area contributed by atoms with Crippen LogP contribution in [0.2, 0.25) is 0 Å². The highest BCUT2D eigenvalue weighted by molar-refractivity contribution is 5.91. The third kappa shape index (κ3) is 10.1. The van der Waals surface area contributed by atoms with Crippen LogP contribution in [0.25, 0.3) is 0 Å². The fourth-order valence-corrected chi connectivity index (χ4v) is 4.85. The minimum absolute atomic E-state index is 0.113. The molecular formula is C30H43N9O4. The molecule has 232 valence electrons. The van der Waals surface area contributed by atoms with Crippen molar-refractivity contribution in [1.29, 1.82) is 0 Å². The number of hydrogen-bond donors (Lipinski definition) is 7. The van der Waals surface area contributed by atoms with Gasteiger partial charge in [-0.2, -0.15) is 4.98 Å². The Bertz CT molecular complexity index is 1350. The number of benzene rings is 2. The fourth-order valence-electron chi connectivity index (χ4n) is 4.85. The Kier molecular flexibility index (Phi) is 12.5. The molecule has 13 nitrogen and oxygen atoms in total. The first-order chi connectivity index (χ1) is 20.6. The van der Waals surface area contributed by atoms with Crippen molar-refractivity contribution >= 4 is 17.8 Å². The number of carbonyl (C=O) groups excluding carboxylic acids is 2. The summed E-state index contributed by atoms with van der Waals surface area (Å²) in [4.78, 5) is 35.7. The Morgan fingerprint density at radius 3 is 2.30 bits per heavy atom. The zero-order valence-corrected chi connectivity index (χ0v) is 24.8. The van der Waals surface area contributed by atoms with Crippen LogP contribution in [-0.4, -0.2) is 58.2 Å². The highest BCUT2D eigenvalue weighted by Gasteiger charge is 2.30. The summed E-state index contributed by atoms with van der Waals surface area (Å²) in [6, 6.07) is 10.4. The molecule has 0 aliphatic rings. The molecule has 2 amide bonds. The molecular weight excluding hydrogens is 550 g/mol. The van der Waals surface area contributed by atoms with Crippen LogP contribution in [0.4, 0.5) is 0 Å². The van der Waals surface area contributed by atoms with Crippen LogP contribution in [0.5, 0.6) is 5.75 Å². The largest absolute Gasteiger partial charge is 0.508 e. The lowest BCUT2D eigenvalue weighted by Crippen LogP contribution is -2.52. The second-order valence-corrected chi connectivity index (χ2v) is 10.5. The quantitative estimate of drug-likeness (QED) is 0.0706. The van der Waals surface area contributed by atoms with E-state index in [4.69, 9.17) is 27.5 Å². The van der Waals surface area contributed by atoms with E-state index in [0.717, 1.165) is 28.7 Å². The molecule has 43 heavy (non-hydrogen) atoms. The van der Waals surface area contributed by atoms with Gasteiger partial charge >= 0.3 is 0 Å². The SMILES string of the molecule is Cc1cc(O)cc(C)c1CC(NC(=O)C(CCN)N=C(N)N)C(=O)N[C@@H](CCCCN)c1nc(Cc2ccccc2)no1. The van der Waals surface area contributed by atoms with Crippen LogP contribution in [0.15, 0.2) is 52.0 Å². The number of amides is 2. The molecule has 3 aromatic rings. The van der Waals surface area contributed by atoms with Gasteiger partial charge in [0.1, 0.15) is 23.9 Å². The highest BCUT2D eigenvalue weighted by atomic mass is 16.5. The standard InChI is InChI=1S/C30H43N9O4/c1-18-14-21(40)15-19(2)22(18)17-25(36-27(41)23(11-13-32)37-30(33)34)28(42)35-24(10-6-7-12-31)29-38-26(39-43-29)16-20-8-4-3-5-9-20/h3-5,8-9,14-15,23-25,40H,6-7,10-13,16-17,31-32H2,1-2H3,(H,35,42)(H,36,41)(H4,33,34,37)/t23?,24-,25?/m0/s1. The average Bonchev–Trinajstić information content (AvgIpc) is 3.42. The maximum absolute atomic E-state index is 13.9. The van der Waals surface area contributed by atoms with Gasteiger partial charge in [0, 0.05) is 12.8 Å². The Balaban J connectivity index is 1.89. The molecule has 3 rings (SSSR count). The third-order valence-corrected chi connectivity index (χ3v) is 7.02. The molecule has 2 aromatic carbocycles. The van der Waals surface area contributed by atoms with E-state index in [9.17, 15) is 14.7 Å². The van der Waals surface area contributed by atoms with Crippen LogP contribution in [0.3, 0.4) is 0 Å². The smallest absolute Gasteiger partial charge is 0.249 e.